The summed E-state index contributed by atoms with van der Waals surface area (Å²) in [5, 5.41) is 34.3. The van der Waals surface area contributed by atoms with Crippen LogP contribution in [0.15, 0.2) is 48.9 Å². The van der Waals surface area contributed by atoms with E-state index in [2.05, 4.69) is 11.6 Å². The molecular weight excluding hydrogens is 534 g/mol. The quantitative estimate of drug-likeness (QED) is 0.297. The molecule has 220 valence electrons. The summed E-state index contributed by atoms with van der Waals surface area (Å²) in [4.78, 5) is 28.0. The molecule has 0 aromatic carbocycles. The molecule has 11 nitrogen and oxygen atoms in total. The third kappa shape index (κ3) is 4.34. The minimum atomic E-state index is -1.53. The summed E-state index contributed by atoms with van der Waals surface area (Å²) < 4.78 is 30.1. The summed E-state index contributed by atoms with van der Waals surface area (Å²) in [7, 11) is 1.27. The highest BCUT2D eigenvalue weighted by Crippen LogP contribution is 2.57. The number of fused-ring (bicyclic) bond motifs is 4. The monoisotopic (exact) mass is 569 g/mol. The van der Waals surface area contributed by atoms with Crippen LogP contribution < -0.4 is 10.6 Å². The number of hydrogen-bond acceptors (Lipinski definition) is 9. The molecule has 10 unspecified atom stereocenters. The summed E-state index contributed by atoms with van der Waals surface area (Å²) in [6.07, 6.45) is 7.82. The van der Waals surface area contributed by atoms with Crippen molar-refractivity contribution in [2.24, 2.45) is 23.2 Å². The smallest absolute Gasteiger partial charge is 0.333 e. The Hall–Kier alpha value is -3.38. The van der Waals surface area contributed by atoms with Gasteiger partial charge in [-0.3, -0.25) is 4.79 Å². The van der Waals surface area contributed by atoms with Crippen LogP contribution >= 0.6 is 0 Å². The molecule has 10 atom stereocenters. The average Bonchev–Trinajstić information content (AvgIpc) is 3.59. The topological polar surface area (TPSA) is 157 Å². The minimum absolute atomic E-state index is 0.00952. The molecule has 41 heavy (non-hydrogen) atoms. The van der Waals surface area contributed by atoms with Crippen LogP contribution in [0.25, 0.3) is 12.3 Å². The molecule has 11 heteroatoms. The number of methoxy groups -OCH3 is 1. The summed E-state index contributed by atoms with van der Waals surface area (Å²) in [6, 6.07) is 1.83. The van der Waals surface area contributed by atoms with Gasteiger partial charge < -0.3 is 44.0 Å². The van der Waals surface area contributed by atoms with Gasteiger partial charge in [-0.25, -0.2) is 4.79 Å². The number of carboxylic acids is 1. The zero-order chi connectivity index (χ0) is 28.9. The molecule has 2 bridgehead atoms. The maximum Gasteiger partial charge on any atom is 0.333 e. The van der Waals surface area contributed by atoms with E-state index < -0.39 is 65.5 Å². The van der Waals surface area contributed by atoms with Crippen molar-refractivity contribution in [3.63, 3.8) is 0 Å². The van der Waals surface area contributed by atoms with Gasteiger partial charge in [0.05, 0.1) is 31.2 Å². The molecule has 1 saturated heterocycles. The average molecular weight is 570 g/mol. The van der Waals surface area contributed by atoms with Crippen LogP contribution in [0.3, 0.4) is 0 Å². The minimum Gasteiger partial charge on any atom is -0.499 e. The molecule has 0 radical (unpaired) electrons. The molecule has 5 aliphatic rings. The van der Waals surface area contributed by atoms with Crippen LogP contribution in [0, 0.1) is 23.2 Å². The lowest BCUT2D eigenvalue weighted by molar-refractivity contribution is -0.334. The third-order valence-electron chi connectivity index (χ3n) is 9.45. The fraction of sp³-hybridized carbons (Fsp3) is 0.533. The number of aliphatic hydroxyl groups excluding tert-OH is 2. The van der Waals surface area contributed by atoms with Crippen LogP contribution in [0.1, 0.15) is 25.7 Å². The van der Waals surface area contributed by atoms with Gasteiger partial charge in [-0.05, 0) is 37.0 Å². The van der Waals surface area contributed by atoms with Crippen molar-refractivity contribution >= 4 is 24.3 Å². The van der Waals surface area contributed by atoms with Crippen molar-refractivity contribution in [3.05, 3.63) is 59.5 Å². The normalized spacial score (nSPS) is 41.0. The van der Waals surface area contributed by atoms with Gasteiger partial charge in [-0.2, -0.15) is 0 Å². The molecule has 1 aromatic rings. The Morgan fingerprint density at radius 3 is 2.85 bits per heavy atom. The molecule has 4 N–H and O–H groups in total. The van der Waals surface area contributed by atoms with E-state index in [1.807, 2.05) is 18.2 Å². The van der Waals surface area contributed by atoms with E-state index in [9.17, 15) is 24.9 Å². The number of rotatable bonds is 4. The number of carbonyl (C=O) groups excluding carboxylic acids is 1. The molecule has 2 spiro atoms. The lowest BCUT2D eigenvalue weighted by Crippen LogP contribution is -2.69. The van der Waals surface area contributed by atoms with E-state index >= 15 is 0 Å². The van der Waals surface area contributed by atoms with Gasteiger partial charge in [0.15, 0.2) is 11.9 Å². The van der Waals surface area contributed by atoms with Gasteiger partial charge in [0, 0.05) is 34.2 Å². The Labute approximate surface area is 236 Å². The van der Waals surface area contributed by atoms with Gasteiger partial charge in [-0.15, -0.1) is 6.58 Å². The third-order valence-corrected chi connectivity index (χ3v) is 9.45. The van der Waals surface area contributed by atoms with Crippen LogP contribution in [0.2, 0.25) is 0 Å². The maximum atomic E-state index is 13.0. The Balaban J connectivity index is 1.46. The number of aromatic amines is 1. The maximum absolute atomic E-state index is 13.0. The van der Waals surface area contributed by atoms with E-state index in [1.165, 1.54) is 13.4 Å². The van der Waals surface area contributed by atoms with E-state index in [0.29, 0.717) is 6.42 Å². The van der Waals surface area contributed by atoms with Crippen molar-refractivity contribution in [3.8, 4) is 0 Å². The van der Waals surface area contributed by atoms with Crippen molar-refractivity contribution < 1.29 is 48.6 Å². The van der Waals surface area contributed by atoms with Gasteiger partial charge >= 0.3 is 11.9 Å². The Morgan fingerprint density at radius 2 is 2.10 bits per heavy atom. The molecule has 3 aliphatic heterocycles. The van der Waals surface area contributed by atoms with Gasteiger partial charge in [-0.1, -0.05) is 18.6 Å². The number of aliphatic hydroxyl groups is 2. The predicted molar refractivity (Wildman–Crippen MR) is 143 cm³/mol. The number of H-pyrrole nitrogens is 1. The van der Waals surface area contributed by atoms with E-state index in [1.54, 1.807) is 24.6 Å². The van der Waals surface area contributed by atoms with Crippen LogP contribution in [0.5, 0.6) is 0 Å². The summed E-state index contributed by atoms with van der Waals surface area (Å²) >= 11 is 0. The van der Waals surface area contributed by atoms with Crippen molar-refractivity contribution in [2.75, 3.05) is 13.7 Å². The molecule has 6 rings (SSSR count). The second-order valence-corrected chi connectivity index (χ2v) is 11.4. The first-order valence-electron chi connectivity index (χ1n) is 13.9. The summed E-state index contributed by atoms with van der Waals surface area (Å²) in [5.41, 5.74) is -1.97. The highest BCUT2D eigenvalue weighted by atomic mass is 16.7. The Kier molecular flexibility index (Phi) is 7.09. The van der Waals surface area contributed by atoms with Gasteiger partial charge in [0.25, 0.3) is 0 Å². The molecule has 4 heterocycles. The number of carbonyl (C=O) groups is 2. The first kappa shape index (κ1) is 27.8. The second kappa shape index (κ2) is 10.5. The molecular formula is C30H35NO10. The summed E-state index contributed by atoms with van der Waals surface area (Å²) in [5.74, 6) is -3.26. The first-order chi connectivity index (χ1) is 19.7. The predicted octanol–water partition coefficient (Wildman–Crippen LogP) is 0.471. The van der Waals surface area contributed by atoms with Crippen LogP contribution in [-0.2, 0) is 33.3 Å². The van der Waals surface area contributed by atoms with Crippen molar-refractivity contribution in [2.45, 2.75) is 62.0 Å². The highest BCUT2D eigenvalue weighted by Gasteiger charge is 2.61. The van der Waals surface area contributed by atoms with E-state index in [-0.39, 0.29) is 24.5 Å². The number of aromatic nitrogens is 1. The highest BCUT2D eigenvalue weighted by molar-refractivity contribution is 5.90. The number of nitrogens with one attached hydrogen (secondary N) is 1. The van der Waals surface area contributed by atoms with Crippen molar-refractivity contribution in [1.82, 2.24) is 4.98 Å². The number of carboxylic acid groups (broad SMARTS) is 1. The number of hydrogen-bond donors (Lipinski definition) is 4. The lowest BCUT2D eigenvalue weighted by Gasteiger charge is -2.53. The van der Waals surface area contributed by atoms with Gasteiger partial charge in [0.2, 0.25) is 0 Å². The Bertz CT molecular complexity index is 1400. The van der Waals surface area contributed by atoms with Crippen LogP contribution in [0.4, 0.5) is 0 Å². The van der Waals surface area contributed by atoms with E-state index in [0.717, 1.165) is 23.4 Å². The Morgan fingerprint density at radius 1 is 1.27 bits per heavy atom. The number of allylic oxidation sites excluding steroid dienone is 1. The standard InChI is InChI=1S/C30H35NO10/c1-3-18-19(11-23(32)33)20(27(36)37-2)13-29-8-4-5-17(29)7-10-38-15-22-30(12-16-6-9-31-21(16)14-39-30)25(35)24(34)28(40-22)41-26(18)29/h3,6-7,9-10,12-14,17-19,22,24-26,28,31,34-35H,1,4-5,8,11,15H2,2H3,(H,32,33). The number of esters is 1. The molecule has 1 aromatic heterocycles. The zero-order valence-electron chi connectivity index (χ0n) is 22.7. The molecule has 2 fully saturated rings. The number of ether oxygens (including phenoxy) is 5. The molecule has 0 amide bonds. The number of aliphatic carboxylic acids is 1. The summed E-state index contributed by atoms with van der Waals surface area (Å²) in [6.45, 7) is 3.99. The molecule has 2 aliphatic carbocycles. The fourth-order valence-electron chi connectivity index (χ4n) is 7.47. The SMILES string of the molecule is C=CC1C(CC(=O)O)C(C(=O)OC)=CC23CCCC2C=COCC2OC(OC13)C(O)C(O)C21C=c2cc[nH]c2=CO1. The zero-order valence-corrected chi connectivity index (χ0v) is 22.7. The second-order valence-electron chi connectivity index (χ2n) is 11.4. The largest absolute Gasteiger partial charge is 0.499 e. The fourth-order valence-corrected chi connectivity index (χ4v) is 7.47. The molecule has 1 saturated carbocycles. The van der Waals surface area contributed by atoms with Gasteiger partial charge in [0.1, 0.15) is 31.2 Å². The first-order valence-corrected chi connectivity index (χ1v) is 13.9. The van der Waals surface area contributed by atoms with Crippen molar-refractivity contribution in [1.29, 1.82) is 0 Å². The van der Waals surface area contributed by atoms with Crippen LogP contribution in [-0.4, -0.2) is 82.3 Å². The lowest BCUT2D eigenvalue weighted by atomic mass is 9.59. The van der Waals surface area contributed by atoms with E-state index in [4.69, 9.17) is 23.7 Å².